The van der Waals surface area contributed by atoms with E-state index in [0.717, 1.165) is 28.5 Å². The second-order valence-electron chi connectivity index (χ2n) is 9.66. The van der Waals surface area contributed by atoms with Crippen molar-refractivity contribution >= 4 is 54.6 Å². The van der Waals surface area contributed by atoms with Gasteiger partial charge in [-0.15, -0.1) is 11.3 Å². The van der Waals surface area contributed by atoms with Gasteiger partial charge in [0.1, 0.15) is 30.0 Å². The molecule has 4 aromatic carbocycles. The maximum atomic E-state index is 6.54. The third-order valence-electron chi connectivity index (χ3n) is 7.59. The minimum absolute atomic E-state index is 0.0904. The highest BCUT2D eigenvalue weighted by atomic mass is 32.1. The number of hydrogen-bond acceptors (Lipinski definition) is 3. The molecular formula is C31H21BNO2S+. The summed E-state index contributed by atoms with van der Waals surface area (Å²) >= 11 is 1.88. The third kappa shape index (κ3) is 2.66. The fourth-order valence-corrected chi connectivity index (χ4v) is 7.25. The Morgan fingerprint density at radius 1 is 0.722 bits per heavy atom. The van der Waals surface area contributed by atoms with Gasteiger partial charge in [-0.2, -0.15) is 0 Å². The first-order chi connectivity index (χ1) is 17.7. The van der Waals surface area contributed by atoms with Gasteiger partial charge in [0.25, 0.3) is 6.71 Å². The van der Waals surface area contributed by atoms with Crippen molar-refractivity contribution in [3.63, 3.8) is 0 Å². The Morgan fingerprint density at radius 2 is 1.50 bits per heavy atom. The average molecular weight is 482 g/mol. The average Bonchev–Trinajstić information content (AvgIpc) is 3.25. The predicted molar refractivity (Wildman–Crippen MR) is 148 cm³/mol. The molecule has 8 rings (SSSR count). The molecule has 0 unspecified atom stereocenters. The lowest BCUT2D eigenvalue weighted by Gasteiger charge is -2.32. The van der Waals surface area contributed by atoms with Crippen molar-refractivity contribution in [3.05, 3.63) is 96.7 Å². The van der Waals surface area contributed by atoms with Gasteiger partial charge >= 0.3 is 0 Å². The van der Waals surface area contributed by atoms with Crippen LogP contribution in [-0.2, 0) is 7.05 Å². The van der Waals surface area contributed by atoms with Crippen LogP contribution in [0.1, 0.15) is 5.56 Å². The van der Waals surface area contributed by atoms with Gasteiger partial charge in [0.05, 0.1) is 5.56 Å². The SMILES string of the molecule is Cc1ccc2c(sc3cc4c(cc32)Oc2cccc3c2B4c2ccccc2O3)c1-c1cccc[n+]1C. The summed E-state index contributed by atoms with van der Waals surface area (Å²) < 4.78 is 17.6. The lowest BCUT2D eigenvalue weighted by molar-refractivity contribution is -0.660. The molecule has 0 saturated heterocycles. The van der Waals surface area contributed by atoms with Crippen molar-refractivity contribution in [2.45, 2.75) is 6.92 Å². The van der Waals surface area contributed by atoms with Crippen molar-refractivity contribution in [2.75, 3.05) is 0 Å². The molecule has 0 atom stereocenters. The summed E-state index contributed by atoms with van der Waals surface area (Å²) in [6, 6.07) is 30.0. The molecule has 2 aliphatic rings. The first-order valence-electron chi connectivity index (χ1n) is 12.2. The fourth-order valence-electron chi connectivity index (χ4n) is 5.91. The summed E-state index contributed by atoms with van der Waals surface area (Å²) in [7, 11) is 2.12. The Bertz CT molecular complexity index is 1890. The van der Waals surface area contributed by atoms with Gasteiger partial charge in [-0.1, -0.05) is 36.4 Å². The maximum absolute atomic E-state index is 6.54. The zero-order chi connectivity index (χ0) is 24.0. The third-order valence-corrected chi connectivity index (χ3v) is 8.77. The molecule has 5 heteroatoms. The minimum Gasteiger partial charge on any atom is -0.458 e. The number of rotatable bonds is 1. The summed E-state index contributed by atoms with van der Waals surface area (Å²) in [6.45, 7) is 2.30. The number of fused-ring (bicyclic) bond motifs is 7. The fraction of sp³-hybridized carbons (Fsp3) is 0.0645. The Labute approximate surface area is 213 Å². The Morgan fingerprint density at radius 3 is 2.36 bits per heavy atom. The molecule has 2 aliphatic heterocycles. The minimum atomic E-state index is 0.0904. The normalized spacial score (nSPS) is 13.1. The van der Waals surface area contributed by atoms with E-state index < -0.39 is 0 Å². The Hall–Kier alpha value is -4.09. The van der Waals surface area contributed by atoms with Crippen LogP contribution in [0.3, 0.4) is 0 Å². The monoisotopic (exact) mass is 482 g/mol. The van der Waals surface area contributed by atoms with Crippen molar-refractivity contribution < 1.29 is 14.0 Å². The lowest BCUT2D eigenvalue weighted by Crippen LogP contribution is -2.57. The molecule has 170 valence electrons. The van der Waals surface area contributed by atoms with E-state index in [0.29, 0.717) is 0 Å². The largest absolute Gasteiger partial charge is 0.458 e. The second-order valence-corrected chi connectivity index (χ2v) is 10.7. The molecule has 0 bridgehead atoms. The predicted octanol–water partition coefficient (Wildman–Crippen LogP) is 5.58. The van der Waals surface area contributed by atoms with Crippen molar-refractivity contribution in [3.8, 4) is 34.3 Å². The molecule has 0 amide bonds. The highest BCUT2D eigenvalue weighted by Crippen LogP contribution is 2.43. The van der Waals surface area contributed by atoms with Gasteiger partial charge in [-0.25, -0.2) is 4.57 Å². The van der Waals surface area contributed by atoms with Crippen molar-refractivity contribution in [2.24, 2.45) is 7.05 Å². The highest BCUT2D eigenvalue weighted by Gasteiger charge is 2.40. The maximum Gasteiger partial charge on any atom is 0.260 e. The molecule has 6 aromatic rings. The molecule has 4 heterocycles. The molecular weight excluding hydrogens is 461 g/mol. The van der Waals surface area contributed by atoms with E-state index in [1.165, 1.54) is 47.9 Å². The van der Waals surface area contributed by atoms with E-state index in [9.17, 15) is 0 Å². The highest BCUT2D eigenvalue weighted by molar-refractivity contribution is 7.26. The van der Waals surface area contributed by atoms with Crippen LogP contribution < -0.4 is 30.4 Å². The van der Waals surface area contributed by atoms with Crippen molar-refractivity contribution in [1.82, 2.24) is 0 Å². The van der Waals surface area contributed by atoms with E-state index in [2.05, 4.69) is 91.5 Å². The van der Waals surface area contributed by atoms with Gasteiger partial charge in [-0.3, -0.25) is 0 Å². The first-order valence-corrected chi connectivity index (χ1v) is 13.0. The molecule has 0 N–H and O–H groups in total. The van der Waals surface area contributed by atoms with E-state index in [4.69, 9.17) is 9.47 Å². The molecule has 0 radical (unpaired) electrons. The quantitative estimate of drug-likeness (QED) is 0.225. The molecule has 0 aliphatic carbocycles. The van der Waals surface area contributed by atoms with Crippen LogP contribution in [0.2, 0.25) is 0 Å². The van der Waals surface area contributed by atoms with Gasteiger partial charge < -0.3 is 9.47 Å². The summed E-state index contributed by atoms with van der Waals surface area (Å²) in [5, 5.41) is 2.52. The van der Waals surface area contributed by atoms with Crippen LogP contribution in [0.25, 0.3) is 31.4 Å². The summed E-state index contributed by atoms with van der Waals surface area (Å²) in [5.41, 5.74) is 7.33. The number of benzene rings is 4. The van der Waals surface area contributed by atoms with Crippen LogP contribution in [0.5, 0.6) is 23.0 Å². The van der Waals surface area contributed by atoms with Gasteiger partial charge in [0.15, 0.2) is 6.20 Å². The van der Waals surface area contributed by atoms with Gasteiger partial charge in [0.2, 0.25) is 5.69 Å². The van der Waals surface area contributed by atoms with Crippen LogP contribution in [0.4, 0.5) is 0 Å². The van der Waals surface area contributed by atoms with E-state index in [1.807, 2.05) is 29.5 Å². The lowest BCUT2D eigenvalue weighted by atomic mass is 9.35. The molecule has 2 aromatic heterocycles. The standard InChI is InChI=1S/C31H21BNO2S/c1-18-13-14-19-20-16-27-22(17-28(20)36-31(19)29(18)23-9-5-6-15-33(23)2)32-21-8-3-4-10-24(21)34-25-11-7-12-26(35-27)30(25)32/h3-17H,1-2H3/q+1. The van der Waals surface area contributed by atoms with Crippen LogP contribution in [-0.4, -0.2) is 6.71 Å². The summed E-state index contributed by atoms with van der Waals surface area (Å²) in [5.74, 6) is 3.62. The number of ether oxygens (including phenoxy) is 2. The Balaban J connectivity index is 1.43. The topological polar surface area (TPSA) is 22.3 Å². The van der Waals surface area contributed by atoms with Crippen molar-refractivity contribution in [1.29, 1.82) is 0 Å². The van der Waals surface area contributed by atoms with Crippen LogP contribution in [0, 0.1) is 6.92 Å². The molecule has 0 saturated carbocycles. The second kappa shape index (κ2) is 7.22. The zero-order valence-electron chi connectivity index (χ0n) is 19.9. The zero-order valence-corrected chi connectivity index (χ0v) is 20.7. The number of thiophene rings is 1. The number of para-hydroxylation sites is 1. The molecule has 0 fully saturated rings. The van der Waals surface area contributed by atoms with Crippen LogP contribution >= 0.6 is 11.3 Å². The number of aryl methyl sites for hydroxylation is 2. The Kier molecular flexibility index (Phi) is 4.04. The number of hydrogen-bond donors (Lipinski definition) is 0. The number of nitrogens with zero attached hydrogens (tertiary/aromatic N) is 1. The molecule has 3 nitrogen and oxygen atoms in total. The summed E-state index contributed by atoms with van der Waals surface area (Å²) in [6.07, 6.45) is 2.12. The summed E-state index contributed by atoms with van der Waals surface area (Å²) in [4.78, 5) is 0. The number of pyridine rings is 1. The van der Waals surface area contributed by atoms with Crippen LogP contribution in [0.15, 0.2) is 91.1 Å². The molecule has 0 spiro atoms. The van der Waals surface area contributed by atoms with Gasteiger partial charge in [-0.05, 0) is 59.8 Å². The van der Waals surface area contributed by atoms with E-state index in [1.54, 1.807) is 0 Å². The van der Waals surface area contributed by atoms with E-state index >= 15 is 0 Å². The number of aromatic nitrogens is 1. The first kappa shape index (κ1) is 20.1. The van der Waals surface area contributed by atoms with E-state index in [-0.39, 0.29) is 6.71 Å². The van der Waals surface area contributed by atoms with Gasteiger partial charge in [0, 0.05) is 37.8 Å². The smallest absolute Gasteiger partial charge is 0.260 e. The molecule has 36 heavy (non-hydrogen) atoms.